The standard InChI is InChI=1S/C13H18N2O2S/c1-16-11-5-4-10(8-12(11)17-2)9-15-13-14-6-3-7-18-13/h4-5,8H,3,6-7,9H2,1-2H3,(H,14,15). The third kappa shape index (κ3) is 3.32. The summed E-state index contributed by atoms with van der Waals surface area (Å²) >= 11 is 1.78. The van der Waals surface area contributed by atoms with Crippen molar-refractivity contribution in [3.05, 3.63) is 23.8 Å². The van der Waals surface area contributed by atoms with Crippen LogP contribution in [0.4, 0.5) is 0 Å². The number of hydrogen-bond donors (Lipinski definition) is 1. The number of methoxy groups -OCH3 is 2. The first-order valence-corrected chi connectivity index (χ1v) is 6.94. The van der Waals surface area contributed by atoms with Gasteiger partial charge in [-0.1, -0.05) is 17.8 Å². The second kappa shape index (κ2) is 6.54. The molecule has 1 heterocycles. The first kappa shape index (κ1) is 13.1. The van der Waals surface area contributed by atoms with E-state index < -0.39 is 0 Å². The molecular formula is C13H18N2O2S. The van der Waals surface area contributed by atoms with Gasteiger partial charge in [-0.05, 0) is 24.1 Å². The van der Waals surface area contributed by atoms with E-state index >= 15 is 0 Å². The van der Waals surface area contributed by atoms with Gasteiger partial charge < -0.3 is 14.8 Å². The Morgan fingerprint density at radius 3 is 2.78 bits per heavy atom. The van der Waals surface area contributed by atoms with Gasteiger partial charge in [-0.15, -0.1) is 0 Å². The maximum atomic E-state index is 5.28. The third-order valence-corrected chi connectivity index (χ3v) is 3.73. The van der Waals surface area contributed by atoms with Crippen LogP contribution >= 0.6 is 11.8 Å². The molecule has 0 aliphatic carbocycles. The maximum Gasteiger partial charge on any atom is 0.161 e. The lowest BCUT2D eigenvalue weighted by atomic mass is 10.2. The summed E-state index contributed by atoms with van der Waals surface area (Å²) in [5.41, 5.74) is 1.15. The Hall–Kier alpha value is -1.36. The maximum absolute atomic E-state index is 5.28. The molecule has 18 heavy (non-hydrogen) atoms. The van der Waals surface area contributed by atoms with Crippen molar-refractivity contribution in [2.45, 2.75) is 13.0 Å². The Morgan fingerprint density at radius 1 is 1.28 bits per heavy atom. The van der Waals surface area contributed by atoms with Gasteiger partial charge in [-0.25, -0.2) is 0 Å². The zero-order chi connectivity index (χ0) is 12.8. The Bertz CT molecular complexity index is 435. The highest BCUT2D eigenvalue weighted by molar-refractivity contribution is 8.13. The van der Waals surface area contributed by atoms with Crippen LogP contribution < -0.4 is 14.8 Å². The second-order valence-electron chi connectivity index (χ2n) is 3.93. The first-order chi connectivity index (χ1) is 8.83. The van der Waals surface area contributed by atoms with Crippen molar-refractivity contribution in [2.24, 2.45) is 4.99 Å². The first-order valence-electron chi connectivity index (χ1n) is 5.95. The summed E-state index contributed by atoms with van der Waals surface area (Å²) in [5, 5.41) is 4.38. The van der Waals surface area contributed by atoms with Crippen molar-refractivity contribution in [3.8, 4) is 11.5 Å². The minimum Gasteiger partial charge on any atom is -0.493 e. The molecule has 0 amide bonds. The van der Waals surface area contributed by atoms with Crippen LogP contribution in [0.3, 0.4) is 0 Å². The predicted molar refractivity (Wildman–Crippen MR) is 75.8 cm³/mol. The summed E-state index contributed by atoms with van der Waals surface area (Å²) < 4.78 is 10.5. The Labute approximate surface area is 112 Å². The molecule has 98 valence electrons. The largest absolute Gasteiger partial charge is 0.493 e. The SMILES string of the molecule is COc1ccc(CNC2=NCCCS2)cc1OC. The third-order valence-electron chi connectivity index (χ3n) is 2.69. The predicted octanol–water partition coefficient (Wildman–Crippen LogP) is 2.29. The highest BCUT2D eigenvalue weighted by atomic mass is 32.2. The number of nitrogens with one attached hydrogen (secondary N) is 1. The van der Waals surface area contributed by atoms with Crippen LogP contribution in [0.15, 0.2) is 23.2 Å². The number of benzene rings is 1. The molecule has 0 bridgehead atoms. The summed E-state index contributed by atoms with van der Waals surface area (Å²) in [6.07, 6.45) is 1.17. The van der Waals surface area contributed by atoms with Crippen LogP contribution in [-0.2, 0) is 6.54 Å². The second-order valence-corrected chi connectivity index (χ2v) is 5.02. The van der Waals surface area contributed by atoms with Gasteiger partial charge in [0.15, 0.2) is 16.7 Å². The minimum absolute atomic E-state index is 0.755. The van der Waals surface area contributed by atoms with Crippen LogP contribution in [0, 0.1) is 0 Å². The molecule has 0 saturated heterocycles. The minimum atomic E-state index is 0.755. The van der Waals surface area contributed by atoms with Gasteiger partial charge in [-0.2, -0.15) is 0 Å². The number of nitrogens with zero attached hydrogens (tertiary/aromatic N) is 1. The number of ether oxygens (including phenoxy) is 2. The van der Waals surface area contributed by atoms with E-state index in [1.165, 1.54) is 6.42 Å². The molecule has 4 nitrogen and oxygen atoms in total. The Balaban J connectivity index is 1.98. The number of rotatable bonds is 4. The van der Waals surface area contributed by atoms with Crippen LogP contribution in [0.2, 0.25) is 0 Å². The molecule has 0 atom stereocenters. The van der Waals surface area contributed by atoms with Crippen LogP contribution in [-0.4, -0.2) is 31.7 Å². The molecule has 0 spiro atoms. The molecule has 1 aromatic carbocycles. The summed E-state index contributed by atoms with van der Waals surface area (Å²) in [7, 11) is 3.29. The zero-order valence-electron chi connectivity index (χ0n) is 10.7. The molecule has 0 radical (unpaired) electrons. The van der Waals surface area contributed by atoms with E-state index in [1.807, 2.05) is 18.2 Å². The lowest BCUT2D eigenvalue weighted by Gasteiger charge is -2.14. The topological polar surface area (TPSA) is 42.8 Å². The molecule has 0 saturated carbocycles. The molecule has 1 aliphatic heterocycles. The van der Waals surface area contributed by atoms with E-state index in [4.69, 9.17) is 9.47 Å². The van der Waals surface area contributed by atoms with Crippen molar-refractivity contribution < 1.29 is 9.47 Å². The Kier molecular flexibility index (Phi) is 4.75. The van der Waals surface area contributed by atoms with Gasteiger partial charge in [0.05, 0.1) is 14.2 Å². The summed E-state index contributed by atoms with van der Waals surface area (Å²) in [5.74, 6) is 2.67. The molecule has 5 heteroatoms. The molecular weight excluding hydrogens is 248 g/mol. The number of aliphatic imine (C=N–C) groups is 1. The average molecular weight is 266 g/mol. The van der Waals surface area contributed by atoms with Gasteiger partial charge in [0, 0.05) is 18.8 Å². The van der Waals surface area contributed by atoms with Crippen molar-refractivity contribution in [1.29, 1.82) is 0 Å². The number of thioether (sulfide) groups is 1. The van der Waals surface area contributed by atoms with Gasteiger partial charge in [0.25, 0.3) is 0 Å². The van der Waals surface area contributed by atoms with Gasteiger partial charge >= 0.3 is 0 Å². The molecule has 1 N–H and O–H groups in total. The van der Waals surface area contributed by atoms with Crippen LogP contribution in [0.5, 0.6) is 11.5 Å². The van der Waals surface area contributed by atoms with E-state index in [9.17, 15) is 0 Å². The fourth-order valence-corrected chi connectivity index (χ4v) is 2.56. The van der Waals surface area contributed by atoms with Crippen LogP contribution in [0.25, 0.3) is 0 Å². The molecule has 1 aromatic rings. The highest BCUT2D eigenvalue weighted by Gasteiger charge is 2.07. The van der Waals surface area contributed by atoms with Crippen molar-refractivity contribution in [3.63, 3.8) is 0 Å². The van der Waals surface area contributed by atoms with E-state index in [2.05, 4.69) is 10.3 Å². The van der Waals surface area contributed by atoms with E-state index in [0.717, 1.165) is 41.1 Å². The zero-order valence-corrected chi connectivity index (χ0v) is 11.5. The molecule has 0 aromatic heterocycles. The fraction of sp³-hybridized carbons (Fsp3) is 0.462. The fourth-order valence-electron chi connectivity index (χ4n) is 1.73. The van der Waals surface area contributed by atoms with E-state index in [1.54, 1.807) is 26.0 Å². The smallest absolute Gasteiger partial charge is 0.161 e. The monoisotopic (exact) mass is 266 g/mol. The summed E-state index contributed by atoms with van der Waals surface area (Å²) in [6.45, 7) is 1.69. The molecule has 0 unspecified atom stereocenters. The highest BCUT2D eigenvalue weighted by Crippen LogP contribution is 2.27. The van der Waals surface area contributed by atoms with E-state index in [0.29, 0.717) is 0 Å². The Morgan fingerprint density at radius 2 is 2.11 bits per heavy atom. The van der Waals surface area contributed by atoms with Crippen molar-refractivity contribution in [2.75, 3.05) is 26.5 Å². The molecule has 1 aliphatic rings. The van der Waals surface area contributed by atoms with Crippen molar-refractivity contribution >= 4 is 16.9 Å². The lowest BCUT2D eigenvalue weighted by Crippen LogP contribution is -2.22. The van der Waals surface area contributed by atoms with Gasteiger partial charge in [-0.3, -0.25) is 4.99 Å². The quantitative estimate of drug-likeness (QED) is 0.908. The van der Waals surface area contributed by atoms with Gasteiger partial charge in [0.1, 0.15) is 0 Å². The summed E-state index contributed by atoms with van der Waals surface area (Å²) in [4.78, 5) is 4.43. The molecule has 2 rings (SSSR count). The molecule has 0 fully saturated rings. The van der Waals surface area contributed by atoms with Crippen molar-refractivity contribution in [1.82, 2.24) is 5.32 Å². The van der Waals surface area contributed by atoms with Gasteiger partial charge in [0.2, 0.25) is 0 Å². The van der Waals surface area contributed by atoms with E-state index in [-0.39, 0.29) is 0 Å². The normalized spacial score (nSPS) is 14.9. The number of hydrogen-bond acceptors (Lipinski definition) is 5. The average Bonchev–Trinajstić information content (AvgIpc) is 2.45. The van der Waals surface area contributed by atoms with Crippen LogP contribution in [0.1, 0.15) is 12.0 Å². The lowest BCUT2D eigenvalue weighted by molar-refractivity contribution is 0.354. The summed E-state index contributed by atoms with van der Waals surface area (Å²) in [6, 6.07) is 5.94. The number of amidine groups is 1.